The van der Waals surface area contributed by atoms with Crippen LogP contribution in [-0.2, 0) is 30.1 Å². The third kappa shape index (κ3) is 10.3. The Morgan fingerprint density at radius 1 is 1.05 bits per heavy atom. The number of urea groups is 1. The van der Waals surface area contributed by atoms with Crippen LogP contribution in [0.25, 0.3) is 0 Å². The molecule has 4 fully saturated rings. The van der Waals surface area contributed by atoms with Crippen LogP contribution in [0, 0.1) is 11.3 Å². The molecular weight excluding hydrogens is 792 g/mol. The van der Waals surface area contributed by atoms with Crippen molar-refractivity contribution in [3.8, 4) is 6.07 Å². The number of carbonyl (C=O) groups excluding carboxylic acids is 5. The quantitative estimate of drug-likeness (QED) is 0.107. The molecule has 318 valence electrons. The van der Waals surface area contributed by atoms with E-state index in [9.17, 15) is 37.1 Å². The van der Waals surface area contributed by atoms with Crippen LogP contribution in [0.5, 0.6) is 0 Å². The van der Waals surface area contributed by atoms with Gasteiger partial charge in [-0.05, 0) is 90.5 Å². The van der Waals surface area contributed by atoms with Gasteiger partial charge in [0.05, 0.1) is 18.2 Å². The van der Waals surface area contributed by atoms with Crippen LogP contribution in [0.1, 0.15) is 83.9 Å². The maximum Gasteiger partial charge on any atom is 0.419 e. The highest BCUT2D eigenvalue weighted by molar-refractivity contribution is 7.98. The molecule has 3 saturated heterocycles. The number of alkyl halides is 3. The van der Waals surface area contributed by atoms with E-state index < -0.39 is 41.0 Å². The molecule has 1 unspecified atom stereocenters. The lowest BCUT2D eigenvalue weighted by atomic mass is 9.89. The van der Waals surface area contributed by atoms with Crippen LogP contribution >= 0.6 is 11.9 Å². The SMILES string of the molecule is C[C@@H]1CN(CCCOC2CCC(N3C(=O)N(Sc4cnc(C#N)c(C(F)(F)F)c4)C(=O)C3(C)C)CC2)C[C@H](C)N1CC(=O)Nc1cccc(NC2CCC(=O)NC2=O)c1. The monoisotopic (exact) mass is 841 g/mol. The number of anilines is 2. The number of rotatable bonds is 13. The Bertz CT molecular complexity index is 1960. The molecule has 4 heterocycles. The lowest BCUT2D eigenvalue weighted by Crippen LogP contribution is -2.58. The number of benzene rings is 1. The van der Waals surface area contributed by atoms with Gasteiger partial charge in [0.2, 0.25) is 17.7 Å². The molecule has 3 atom stereocenters. The summed E-state index contributed by atoms with van der Waals surface area (Å²) in [6.45, 7) is 10.7. The van der Waals surface area contributed by atoms with Gasteiger partial charge < -0.3 is 25.2 Å². The average Bonchev–Trinajstić information content (AvgIpc) is 3.34. The molecule has 1 saturated carbocycles. The Balaban J connectivity index is 0.908. The predicted octanol–water partition coefficient (Wildman–Crippen LogP) is 4.99. The highest BCUT2D eigenvalue weighted by Gasteiger charge is 2.55. The van der Waals surface area contributed by atoms with E-state index in [2.05, 4.69) is 44.6 Å². The molecule has 1 aromatic carbocycles. The van der Waals surface area contributed by atoms with Crippen molar-refractivity contribution in [2.45, 2.75) is 120 Å². The number of imide groups is 2. The summed E-state index contributed by atoms with van der Waals surface area (Å²) >= 11 is 0.574. The van der Waals surface area contributed by atoms with E-state index in [-0.39, 0.29) is 59.8 Å². The first-order valence-corrected chi connectivity index (χ1v) is 20.6. The van der Waals surface area contributed by atoms with E-state index in [0.717, 1.165) is 42.6 Å². The molecule has 3 N–H and O–H groups in total. The van der Waals surface area contributed by atoms with E-state index in [0.29, 0.717) is 62.0 Å². The van der Waals surface area contributed by atoms with Crippen molar-refractivity contribution in [2.24, 2.45) is 0 Å². The second kappa shape index (κ2) is 18.2. The van der Waals surface area contributed by atoms with Crippen LogP contribution in [-0.4, -0.2) is 122 Å². The Kier molecular flexibility index (Phi) is 13.5. The van der Waals surface area contributed by atoms with Crippen molar-refractivity contribution in [3.05, 3.63) is 47.8 Å². The van der Waals surface area contributed by atoms with Gasteiger partial charge in [0.15, 0.2) is 5.69 Å². The summed E-state index contributed by atoms with van der Waals surface area (Å²) in [5.41, 5.74) is -1.94. The molecule has 19 heteroatoms. The number of nitrogens with one attached hydrogen (secondary N) is 3. The Hall–Kier alpha value is -4.77. The van der Waals surface area contributed by atoms with Crippen molar-refractivity contribution in [3.63, 3.8) is 0 Å². The fraction of sp³-hybridized carbons (Fsp3) is 0.575. The summed E-state index contributed by atoms with van der Waals surface area (Å²) in [5.74, 6) is -1.32. The van der Waals surface area contributed by atoms with Gasteiger partial charge in [-0.2, -0.15) is 22.7 Å². The van der Waals surface area contributed by atoms with Gasteiger partial charge in [0.1, 0.15) is 17.6 Å². The van der Waals surface area contributed by atoms with Gasteiger partial charge in [-0.25, -0.2) is 9.78 Å². The number of piperazine rings is 1. The van der Waals surface area contributed by atoms with Gasteiger partial charge in [-0.1, -0.05) is 6.07 Å². The molecule has 59 heavy (non-hydrogen) atoms. The van der Waals surface area contributed by atoms with Gasteiger partial charge in [0.25, 0.3) is 5.91 Å². The second-order valence-corrected chi connectivity index (χ2v) is 17.2. The van der Waals surface area contributed by atoms with Crippen LogP contribution in [0.2, 0.25) is 0 Å². The topological polar surface area (TPSA) is 180 Å². The number of piperidine rings is 1. The van der Waals surface area contributed by atoms with E-state index >= 15 is 0 Å². The van der Waals surface area contributed by atoms with Crippen molar-refractivity contribution in [1.82, 2.24) is 29.3 Å². The zero-order valence-corrected chi connectivity index (χ0v) is 34.3. The molecule has 1 aliphatic carbocycles. The molecule has 1 aromatic heterocycles. The largest absolute Gasteiger partial charge is 0.419 e. The highest BCUT2D eigenvalue weighted by atomic mass is 32.2. The summed E-state index contributed by atoms with van der Waals surface area (Å²) < 4.78 is 47.7. The van der Waals surface area contributed by atoms with Crippen LogP contribution < -0.4 is 16.0 Å². The van der Waals surface area contributed by atoms with E-state index in [1.807, 2.05) is 0 Å². The third-order valence-electron chi connectivity index (χ3n) is 11.4. The van der Waals surface area contributed by atoms with Crippen LogP contribution in [0.15, 0.2) is 41.4 Å². The van der Waals surface area contributed by atoms with Crippen LogP contribution in [0.3, 0.4) is 0 Å². The first kappa shape index (κ1) is 43.8. The molecule has 15 nitrogen and oxygen atoms in total. The Labute approximate surface area is 345 Å². The molecule has 4 aliphatic rings. The van der Waals surface area contributed by atoms with Crippen molar-refractivity contribution >= 4 is 53.0 Å². The number of pyridine rings is 1. The summed E-state index contributed by atoms with van der Waals surface area (Å²) in [6.07, 6.45) is 0.315. The third-order valence-corrected chi connectivity index (χ3v) is 12.3. The summed E-state index contributed by atoms with van der Waals surface area (Å²) in [5, 5.41) is 17.5. The second-order valence-electron chi connectivity index (χ2n) is 16.1. The minimum absolute atomic E-state index is 0.000809. The minimum atomic E-state index is -4.83. The van der Waals surface area contributed by atoms with E-state index in [4.69, 9.17) is 10.00 Å². The van der Waals surface area contributed by atoms with Gasteiger partial charge >= 0.3 is 12.2 Å². The number of nitrogens with zero attached hydrogens (tertiary/aromatic N) is 6. The number of hydrogen-bond acceptors (Lipinski definition) is 12. The van der Waals surface area contributed by atoms with Crippen molar-refractivity contribution in [1.29, 1.82) is 5.26 Å². The molecule has 6 amide bonds. The Morgan fingerprint density at radius 3 is 2.41 bits per heavy atom. The van der Waals surface area contributed by atoms with E-state index in [1.165, 1.54) is 11.0 Å². The van der Waals surface area contributed by atoms with Gasteiger partial charge in [0, 0.05) is 85.2 Å². The van der Waals surface area contributed by atoms with Gasteiger partial charge in [-0.3, -0.25) is 29.4 Å². The summed E-state index contributed by atoms with van der Waals surface area (Å²) in [6, 6.07) is 8.23. The van der Waals surface area contributed by atoms with Gasteiger partial charge in [-0.15, -0.1) is 0 Å². The maximum atomic E-state index is 13.6. The number of nitriles is 1. The molecule has 6 rings (SSSR count). The number of aromatic nitrogens is 1. The predicted molar refractivity (Wildman–Crippen MR) is 212 cm³/mol. The first-order valence-electron chi connectivity index (χ1n) is 19.9. The maximum absolute atomic E-state index is 13.6. The number of amides is 6. The lowest BCUT2D eigenvalue weighted by Gasteiger charge is -2.44. The molecule has 3 aliphatic heterocycles. The zero-order valence-electron chi connectivity index (χ0n) is 33.5. The minimum Gasteiger partial charge on any atom is -0.378 e. The average molecular weight is 842 g/mol. The fourth-order valence-electron chi connectivity index (χ4n) is 8.43. The molecular formula is C40H50F3N9O6S. The molecule has 0 bridgehead atoms. The molecule has 2 aromatic rings. The molecule has 0 radical (unpaired) electrons. The first-order chi connectivity index (χ1) is 27.9. The van der Waals surface area contributed by atoms with Crippen LogP contribution in [0.4, 0.5) is 29.3 Å². The van der Waals surface area contributed by atoms with Crippen molar-refractivity contribution < 1.29 is 41.9 Å². The summed E-state index contributed by atoms with van der Waals surface area (Å²) in [7, 11) is 0. The standard InChI is InChI=1S/C40H50F3N9O6S/c1-24-21-49(22-25(2)50(24)23-35(54)47-27-8-5-7-26(17-27)46-32-13-14-34(53)48-36(32)55)15-6-16-58-29-11-9-28(10-12-29)51-38(57)52(37(56)39(51,3)4)59-30-18-31(40(41,42)43)33(19-44)45-20-30/h5,7-8,17-18,20,24-25,28-29,32,46H,6,9-16,21-23H2,1-4H3,(H,47,54)(H,48,53,55)/t24-,25+,28?,29?,32?. The highest BCUT2D eigenvalue weighted by Crippen LogP contribution is 2.41. The van der Waals surface area contributed by atoms with Crippen molar-refractivity contribution in [2.75, 3.05) is 43.4 Å². The lowest BCUT2D eigenvalue weighted by molar-refractivity contribution is -0.138. The van der Waals surface area contributed by atoms with E-state index in [1.54, 1.807) is 38.1 Å². The number of halogens is 3. The fourth-order valence-corrected chi connectivity index (χ4v) is 9.38. The summed E-state index contributed by atoms with van der Waals surface area (Å²) in [4.78, 5) is 73.4. The number of ether oxygens (including phenoxy) is 1. The smallest absolute Gasteiger partial charge is 0.378 e. The Morgan fingerprint density at radius 2 is 1.75 bits per heavy atom. The zero-order chi connectivity index (χ0) is 42.6. The normalized spacial score (nSPS) is 25.5. The number of hydrogen-bond donors (Lipinski definition) is 3. The molecule has 0 spiro atoms. The number of carbonyl (C=O) groups is 5.